The molecule has 10 nitrogen and oxygen atoms in total. The third-order valence-corrected chi connectivity index (χ3v) is 8.69. The van der Waals surface area contributed by atoms with Crippen LogP contribution in [0.15, 0.2) is 42.6 Å². The topological polar surface area (TPSA) is 102 Å². The number of carbonyl (C=O) groups is 1. The molecule has 12 heteroatoms. The van der Waals surface area contributed by atoms with Crippen molar-refractivity contribution in [1.82, 2.24) is 24.8 Å². The summed E-state index contributed by atoms with van der Waals surface area (Å²) in [7, 11) is 4.06. The van der Waals surface area contributed by atoms with E-state index in [9.17, 15) is 10.1 Å². The molecule has 4 heterocycles. The summed E-state index contributed by atoms with van der Waals surface area (Å²) in [5.74, 6) is 0.383. The lowest BCUT2D eigenvalue weighted by atomic mass is 10.0. The van der Waals surface area contributed by atoms with Crippen molar-refractivity contribution in [1.29, 1.82) is 5.26 Å². The van der Waals surface area contributed by atoms with Crippen LogP contribution in [-0.2, 0) is 4.74 Å². The second-order valence-corrected chi connectivity index (χ2v) is 13.2. The second kappa shape index (κ2) is 11.9. The van der Waals surface area contributed by atoms with Gasteiger partial charge >= 0.3 is 6.09 Å². The molecule has 234 valence electrons. The number of fused-ring (bicyclic) bond motifs is 2. The fourth-order valence-electron chi connectivity index (χ4n) is 5.93. The molecule has 2 aromatic carbocycles. The number of amides is 1. The first-order chi connectivity index (χ1) is 21.4. The minimum absolute atomic E-state index is 0.112. The van der Waals surface area contributed by atoms with Crippen LogP contribution in [-0.4, -0.2) is 95.3 Å². The number of piperazine rings is 1. The molecule has 45 heavy (non-hydrogen) atoms. The Morgan fingerprint density at radius 3 is 2.53 bits per heavy atom. The molecular weight excluding hydrogens is 595 g/mol. The molecule has 0 saturated carbocycles. The van der Waals surface area contributed by atoms with Crippen molar-refractivity contribution in [3.05, 3.63) is 53.4 Å². The van der Waals surface area contributed by atoms with Crippen LogP contribution in [0.4, 0.5) is 21.0 Å². The molecule has 2 fully saturated rings. The first-order valence-corrected chi connectivity index (χ1v) is 15.4. The van der Waals surface area contributed by atoms with Gasteiger partial charge in [-0.2, -0.15) is 10.2 Å². The Balaban J connectivity index is 1.44. The minimum atomic E-state index is -0.667. The number of nitrogens with zero attached hydrogens (tertiary/aromatic N) is 8. The van der Waals surface area contributed by atoms with E-state index in [-0.39, 0.29) is 17.6 Å². The summed E-state index contributed by atoms with van der Waals surface area (Å²) in [6.45, 7) is 7.90. The summed E-state index contributed by atoms with van der Waals surface area (Å²) >= 11 is 6.60. The van der Waals surface area contributed by atoms with E-state index in [1.165, 1.54) is 0 Å². The van der Waals surface area contributed by atoms with E-state index in [1.54, 1.807) is 17.2 Å². The zero-order chi connectivity index (χ0) is 32.0. The van der Waals surface area contributed by atoms with Crippen LogP contribution in [0.5, 0.6) is 0 Å². The SMILES string of the molecule is CN(C)C1CN(c2nc(N3CCN(C(=O)OC(C)(C)C)[C@@H](CC#N)C3)c3cnc(-c4cccc5cccc(Cl)c45)c(F)c3n2)C1. The van der Waals surface area contributed by atoms with Crippen LogP contribution in [0.3, 0.4) is 0 Å². The van der Waals surface area contributed by atoms with Crippen LogP contribution in [0.1, 0.15) is 27.2 Å². The summed E-state index contributed by atoms with van der Waals surface area (Å²) in [5.41, 5.74) is 0.225. The number of rotatable bonds is 5. The Labute approximate surface area is 267 Å². The zero-order valence-electron chi connectivity index (χ0n) is 26.1. The summed E-state index contributed by atoms with van der Waals surface area (Å²) in [4.78, 5) is 35.1. The number of aromatic nitrogens is 3. The maximum Gasteiger partial charge on any atom is 0.410 e. The van der Waals surface area contributed by atoms with E-state index in [0.717, 1.165) is 10.8 Å². The highest BCUT2D eigenvalue weighted by atomic mass is 35.5. The lowest BCUT2D eigenvalue weighted by Gasteiger charge is -2.44. The van der Waals surface area contributed by atoms with Crippen LogP contribution in [0.2, 0.25) is 5.02 Å². The van der Waals surface area contributed by atoms with Crippen LogP contribution < -0.4 is 9.80 Å². The number of hydrogen-bond acceptors (Lipinski definition) is 9. The fraction of sp³-hybridized carbons (Fsp3) is 0.424. The number of anilines is 2. The third kappa shape index (κ3) is 5.92. The van der Waals surface area contributed by atoms with Crippen molar-refractivity contribution >= 4 is 51.1 Å². The van der Waals surface area contributed by atoms with Crippen molar-refractivity contribution < 1.29 is 13.9 Å². The molecule has 6 rings (SSSR count). The summed E-state index contributed by atoms with van der Waals surface area (Å²) in [6.07, 6.45) is 1.26. The molecule has 0 aliphatic carbocycles. The van der Waals surface area contributed by atoms with E-state index < -0.39 is 23.6 Å². The van der Waals surface area contributed by atoms with Crippen molar-refractivity contribution in [2.24, 2.45) is 0 Å². The van der Waals surface area contributed by atoms with Crippen molar-refractivity contribution in [2.75, 3.05) is 56.6 Å². The number of carbonyl (C=O) groups excluding carboxylic acids is 1. The molecule has 0 bridgehead atoms. The van der Waals surface area contributed by atoms with Crippen LogP contribution in [0.25, 0.3) is 32.9 Å². The molecule has 0 spiro atoms. The van der Waals surface area contributed by atoms with Gasteiger partial charge in [-0.1, -0.05) is 41.9 Å². The molecule has 2 aromatic heterocycles. The van der Waals surface area contributed by atoms with E-state index in [0.29, 0.717) is 66.5 Å². The van der Waals surface area contributed by atoms with Gasteiger partial charge in [0.15, 0.2) is 5.82 Å². The van der Waals surface area contributed by atoms with Crippen molar-refractivity contribution in [3.63, 3.8) is 0 Å². The molecule has 0 radical (unpaired) electrons. The highest BCUT2D eigenvalue weighted by molar-refractivity contribution is 6.36. The van der Waals surface area contributed by atoms with Crippen LogP contribution >= 0.6 is 11.6 Å². The Morgan fingerprint density at radius 2 is 1.84 bits per heavy atom. The smallest absolute Gasteiger partial charge is 0.410 e. The zero-order valence-corrected chi connectivity index (χ0v) is 26.8. The average molecular weight is 631 g/mol. The normalized spacial score (nSPS) is 17.6. The first-order valence-electron chi connectivity index (χ1n) is 15.0. The lowest BCUT2D eigenvalue weighted by Crippen LogP contribution is -2.58. The highest BCUT2D eigenvalue weighted by Crippen LogP contribution is 2.38. The third-order valence-electron chi connectivity index (χ3n) is 8.37. The fourth-order valence-corrected chi connectivity index (χ4v) is 6.21. The van der Waals surface area contributed by atoms with Gasteiger partial charge in [-0.15, -0.1) is 0 Å². The van der Waals surface area contributed by atoms with Gasteiger partial charge in [-0.3, -0.25) is 4.98 Å². The number of hydrogen-bond donors (Lipinski definition) is 0. The summed E-state index contributed by atoms with van der Waals surface area (Å²) < 4.78 is 22.3. The Morgan fingerprint density at radius 1 is 1.11 bits per heavy atom. The molecule has 2 aliphatic rings. The van der Waals surface area contributed by atoms with Gasteiger partial charge in [0.2, 0.25) is 5.95 Å². The number of likely N-dealkylation sites (N-methyl/N-ethyl adjacent to an activating group) is 1. The Hall–Kier alpha value is -4.27. The van der Waals surface area contributed by atoms with Gasteiger partial charge in [0.25, 0.3) is 0 Å². The minimum Gasteiger partial charge on any atom is -0.444 e. The monoisotopic (exact) mass is 630 g/mol. The number of benzene rings is 2. The summed E-state index contributed by atoms with van der Waals surface area (Å²) in [6, 6.07) is 13.3. The highest BCUT2D eigenvalue weighted by Gasteiger charge is 2.36. The average Bonchev–Trinajstić information content (AvgIpc) is 2.95. The molecule has 4 aromatic rings. The first kappa shape index (κ1) is 30.7. The molecule has 1 atom stereocenters. The quantitative estimate of drug-likeness (QED) is 0.274. The molecule has 0 unspecified atom stereocenters. The predicted octanol–water partition coefficient (Wildman–Crippen LogP) is 5.73. The largest absolute Gasteiger partial charge is 0.444 e. The van der Waals surface area contributed by atoms with Gasteiger partial charge in [-0.05, 0) is 46.3 Å². The van der Waals surface area contributed by atoms with E-state index in [4.69, 9.17) is 26.3 Å². The van der Waals surface area contributed by atoms with Gasteiger partial charge in [-0.25, -0.2) is 14.2 Å². The summed E-state index contributed by atoms with van der Waals surface area (Å²) in [5, 5.41) is 12.2. The Bertz CT molecular complexity index is 1810. The second-order valence-electron chi connectivity index (χ2n) is 12.8. The van der Waals surface area contributed by atoms with Gasteiger partial charge in [0.1, 0.15) is 22.6 Å². The molecular formula is C33H36ClFN8O2. The van der Waals surface area contributed by atoms with Gasteiger partial charge in [0.05, 0.1) is 23.9 Å². The van der Waals surface area contributed by atoms with E-state index in [1.807, 2.05) is 75.0 Å². The maximum absolute atomic E-state index is 16.7. The molecule has 2 aliphatic heterocycles. The van der Waals surface area contributed by atoms with E-state index >= 15 is 4.39 Å². The molecule has 1 amide bonds. The van der Waals surface area contributed by atoms with Crippen molar-refractivity contribution in [2.45, 2.75) is 44.9 Å². The number of halogens is 2. The molecule has 0 N–H and O–H groups in total. The van der Waals surface area contributed by atoms with Gasteiger partial charge < -0.3 is 24.3 Å². The number of ether oxygens (including phenoxy) is 1. The van der Waals surface area contributed by atoms with E-state index in [2.05, 4.69) is 16.0 Å². The van der Waals surface area contributed by atoms with Crippen LogP contribution in [0, 0.1) is 17.1 Å². The van der Waals surface area contributed by atoms with Gasteiger partial charge in [0, 0.05) is 60.9 Å². The Kier molecular flexibility index (Phi) is 8.14. The number of pyridine rings is 1. The maximum atomic E-state index is 16.7. The lowest BCUT2D eigenvalue weighted by molar-refractivity contribution is 0.0145. The van der Waals surface area contributed by atoms with Crippen molar-refractivity contribution in [3.8, 4) is 17.3 Å². The standard InChI is InChI=1S/C33H36ClFN8O2/c1-33(2,3)45-32(44)43-15-14-41(17-21(43)12-13-36)30-24-16-37-28(23-10-6-8-20-9-7-11-25(34)26(20)23)27(35)29(24)38-31(39-30)42-18-22(19-42)40(4)5/h6-11,16,21-22H,12,14-15,17-19H2,1-5H3/t21-/m0/s1. The number of nitriles is 1. The predicted molar refractivity (Wildman–Crippen MR) is 174 cm³/mol. The molecule has 2 saturated heterocycles.